The van der Waals surface area contributed by atoms with E-state index in [1.54, 1.807) is 25.0 Å². The normalized spacial score (nSPS) is 25.0. The maximum absolute atomic E-state index is 13.8. The first-order valence-corrected chi connectivity index (χ1v) is 10.6. The van der Waals surface area contributed by atoms with Crippen LogP contribution in [-0.4, -0.2) is 59.7 Å². The number of benzene rings is 2. The molecule has 0 aromatic heterocycles. The number of methoxy groups -OCH3 is 1. The van der Waals surface area contributed by atoms with Crippen LogP contribution in [0, 0.1) is 12.7 Å². The number of β-amino-alcohol motifs (C(OH)–C–C–N with tert-alkyl or cyclic N) is 1. The smallest absolute Gasteiger partial charge is 0.240 e. The Bertz CT molecular complexity index is 902. The summed E-state index contributed by atoms with van der Waals surface area (Å²) in [4.78, 5) is 16.9. The highest BCUT2D eigenvalue weighted by Crippen LogP contribution is 2.32. The van der Waals surface area contributed by atoms with Crippen molar-refractivity contribution >= 4 is 5.91 Å². The summed E-state index contributed by atoms with van der Waals surface area (Å²) < 4.78 is 19.0. The zero-order valence-electron chi connectivity index (χ0n) is 17.6. The van der Waals surface area contributed by atoms with E-state index in [1.165, 1.54) is 6.07 Å². The van der Waals surface area contributed by atoms with Crippen LogP contribution in [0.3, 0.4) is 0 Å². The quantitative estimate of drug-likeness (QED) is 0.820. The van der Waals surface area contributed by atoms with Gasteiger partial charge in [-0.05, 0) is 61.2 Å². The number of piperidine rings is 1. The lowest BCUT2D eigenvalue weighted by Crippen LogP contribution is -2.50. The van der Waals surface area contributed by atoms with Crippen LogP contribution >= 0.6 is 0 Å². The van der Waals surface area contributed by atoms with Gasteiger partial charge in [-0.15, -0.1) is 0 Å². The zero-order valence-corrected chi connectivity index (χ0v) is 17.6. The molecule has 1 unspecified atom stereocenters. The molecule has 5 nitrogen and oxygen atoms in total. The minimum absolute atomic E-state index is 0.0651. The summed E-state index contributed by atoms with van der Waals surface area (Å²) in [5.41, 5.74) is 2.52. The van der Waals surface area contributed by atoms with Gasteiger partial charge in [0.15, 0.2) is 0 Å². The molecular weight excluding hydrogens is 383 g/mol. The summed E-state index contributed by atoms with van der Waals surface area (Å²) in [6, 6.07) is 12.8. The zero-order chi connectivity index (χ0) is 21.3. The predicted molar refractivity (Wildman–Crippen MR) is 113 cm³/mol. The third-order valence-electron chi connectivity index (χ3n) is 6.48. The fourth-order valence-electron chi connectivity index (χ4n) is 4.65. The van der Waals surface area contributed by atoms with E-state index >= 15 is 0 Å². The van der Waals surface area contributed by atoms with Crippen molar-refractivity contribution in [2.24, 2.45) is 0 Å². The van der Waals surface area contributed by atoms with E-state index in [-0.39, 0.29) is 23.7 Å². The van der Waals surface area contributed by atoms with Gasteiger partial charge in [-0.1, -0.05) is 24.3 Å². The minimum Gasteiger partial charge on any atom is -0.497 e. The van der Waals surface area contributed by atoms with Crippen molar-refractivity contribution in [2.45, 2.75) is 44.4 Å². The lowest BCUT2D eigenvalue weighted by molar-refractivity contribution is -0.133. The predicted octanol–water partition coefficient (Wildman–Crippen LogP) is 3.09. The van der Waals surface area contributed by atoms with Gasteiger partial charge in [-0.25, -0.2) is 4.39 Å². The van der Waals surface area contributed by atoms with Crippen LogP contribution in [0.25, 0.3) is 0 Å². The molecule has 2 saturated heterocycles. The first kappa shape index (κ1) is 20.8. The highest BCUT2D eigenvalue weighted by molar-refractivity contribution is 5.84. The van der Waals surface area contributed by atoms with E-state index in [4.69, 9.17) is 4.74 Å². The van der Waals surface area contributed by atoms with Crippen LogP contribution < -0.4 is 4.74 Å². The molecule has 30 heavy (non-hydrogen) atoms. The molecule has 160 valence electrons. The van der Waals surface area contributed by atoms with Crippen molar-refractivity contribution < 1.29 is 19.0 Å². The second-order valence-electron chi connectivity index (χ2n) is 8.38. The Morgan fingerprint density at radius 2 is 1.90 bits per heavy atom. The molecule has 2 aliphatic rings. The molecule has 1 N–H and O–H groups in total. The van der Waals surface area contributed by atoms with E-state index in [0.717, 1.165) is 36.3 Å². The molecule has 2 heterocycles. The summed E-state index contributed by atoms with van der Waals surface area (Å²) >= 11 is 0. The number of halogens is 1. The molecule has 2 fully saturated rings. The summed E-state index contributed by atoms with van der Waals surface area (Å²) in [7, 11) is 1.64. The molecule has 6 heteroatoms. The molecule has 0 radical (unpaired) electrons. The van der Waals surface area contributed by atoms with Crippen molar-refractivity contribution in [1.82, 2.24) is 9.80 Å². The van der Waals surface area contributed by atoms with Gasteiger partial charge in [-0.2, -0.15) is 0 Å². The lowest BCUT2D eigenvalue weighted by Gasteiger charge is -2.38. The number of hydrogen-bond donors (Lipinski definition) is 1. The molecule has 2 aromatic rings. The van der Waals surface area contributed by atoms with Crippen LogP contribution in [0.15, 0.2) is 42.5 Å². The van der Waals surface area contributed by atoms with E-state index in [9.17, 15) is 14.3 Å². The minimum atomic E-state index is -0.514. The Kier molecular flexibility index (Phi) is 6.06. The Morgan fingerprint density at radius 3 is 2.57 bits per heavy atom. The Hall–Kier alpha value is -2.44. The number of nitrogens with zero attached hydrogens (tertiary/aromatic N) is 2. The van der Waals surface area contributed by atoms with E-state index in [0.29, 0.717) is 25.2 Å². The van der Waals surface area contributed by atoms with Gasteiger partial charge in [0.2, 0.25) is 5.91 Å². The number of aliphatic hydroxyl groups excluding tert-OH is 1. The molecule has 3 atom stereocenters. The van der Waals surface area contributed by atoms with E-state index < -0.39 is 6.10 Å². The number of aliphatic hydroxyl groups is 1. The fourth-order valence-corrected chi connectivity index (χ4v) is 4.65. The number of ether oxygens (including phenoxy) is 1. The number of carbonyl (C=O) groups is 1. The molecule has 1 amide bonds. The molecule has 0 spiro atoms. The highest BCUT2D eigenvalue weighted by Gasteiger charge is 2.40. The number of amides is 1. The van der Waals surface area contributed by atoms with Crippen molar-refractivity contribution in [1.29, 1.82) is 0 Å². The van der Waals surface area contributed by atoms with Crippen molar-refractivity contribution in [3.63, 3.8) is 0 Å². The van der Waals surface area contributed by atoms with Crippen molar-refractivity contribution in [2.75, 3.05) is 26.7 Å². The molecule has 0 saturated carbocycles. The van der Waals surface area contributed by atoms with Gasteiger partial charge in [0.25, 0.3) is 0 Å². The van der Waals surface area contributed by atoms with Gasteiger partial charge in [0, 0.05) is 25.6 Å². The third-order valence-corrected chi connectivity index (χ3v) is 6.48. The maximum atomic E-state index is 13.8. The van der Waals surface area contributed by atoms with Crippen molar-refractivity contribution in [3.05, 3.63) is 65.0 Å². The first-order valence-electron chi connectivity index (χ1n) is 10.6. The van der Waals surface area contributed by atoms with Gasteiger partial charge < -0.3 is 14.7 Å². The standard InChI is InChI=1S/C24H29FN2O3/c1-16-3-4-17(13-21(16)25)14-27-12-10-22(24(27)29)26-11-9-20(23(28)15-26)18-5-7-19(30-2)8-6-18/h3-8,13,20,22-23,28H,9-12,14-15H2,1-2H3/t20-,22?,23+/m0/s1. The van der Waals surface area contributed by atoms with Crippen LogP contribution in [0.1, 0.15) is 35.4 Å². The van der Waals surface area contributed by atoms with Crippen LogP contribution in [0.2, 0.25) is 0 Å². The van der Waals surface area contributed by atoms with E-state index in [2.05, 4.69) is 4.90 Å². The Labute approximate surface area is 177 Å². The average molecular weight is 413 g/mol. The number of rotatable bonds is 5. The second-order valence-corrected chi connectivity index (χ2v) is 8.38. The van der Waals surface area contributed by atoms with Gasteiger partial charge in [0.05, 0.1) is 19.3 Å². The SMILES string of the molecule is COc1ccc([C@@H]2CCN(C3CCN(Cc4ccc(C)c(F)c4)C3=O)C[C@H]2O)cc1. The maximum Gasteiger partial charge on any atom is 0.240 e. The third kappa shape index (κ3) is 4.20. The fraction of sp³-hybridized carbons (Fsp3) is 0.458. The summed E-state index contributed by atoms with van der Waals surface area (Å²) in [5.74, 6) is 0.705. The molecule has 4 rings (SSSR count). The Morgan fingerprint density at radius 1 is 1.13 bits per heavy atom. The second kappa shape index (κ2) is 8.74. The number of carbonyl (C=O) groups excluding carboxylic acids is 1. The Balaban J connectivity index is 1.37. The highest BCUT2D eigenvalue weighted by atomic mass is 19.1. The van der Waals surface area contributed by atoms with Crippen molar-refractivity contribution in [3.8, 4) is 5.75 Å². The largest absolute Gasteiger partial charge is 0.497 e. The van der Waals surface area contributed by atoms with Crippen LogP contribution in [0.4, 0.5) is 4.39 Å². The molecule has 2 aliphatic heterocycles. The van der Waals surface area contributed by atoms with E-state index in [1.807, 2.05) is 30.3 Å². The lowest BCUT2D eigenvalue weighted by atomic mass is 9.86. The number of likely N-dealkylation sites (tertiary alicyclic amines) is 2. The monoisotopic (exact) mass is 412 g/mol. The first-order chi connectivity index (χ1) is 14.5. The molecule has 2 aromatic carbocycles. The van der Waals surface area contributed by atoms with Gasteiger partial charge in [0.1, 0.15) is 11.6 Å². The number of aryl methyl sites for hydroxylation is 1. The summed E-state index contributed by atoms with van der Waals surface area (Å²) in [6.07, 6.45) is 1.04. The van der Waals surface area contributed by atoms with Gasteiger partial charge in [-0.3, -0.25) is 9.69 Å². The molecule has 0 aliphatic carbocycles. The van der Waals surface area contributed by atoms with Crippen LogP contribution in [-0.2, 0) is 11.3 Å². The van der Waals surface area contributed by atoms with Crippen LogP contribution in [0.5, 0.6) is 5.75 Å². The summed E-state index contributed by atoms with van der Waals surface area (Å²) in [5, 5.41) is 10.8. The average Bonchev–Trinajstić information content (AvgIpc) is 3.11. The molecule has 0 bridgehead atoms. The number of hydrogen-bond acceptors (Lipinski definition) is 4. The summed E-state index contributed by atoms with van der Waals surface area (Å²) in [6.45, 7) is 4.08. The topological polar surface area (TPSA) is 53.0 Å². The van der Waals surface area contributed by atoms with Gasteiger partial charge >= 0.3 is 0 Å². The molecular formula is C24H29FN2O3.